The minimum Gasteiger partial charge on any atom is -0.397 e. The van der Waals surface area contributed by atoms with Crippen LogP contribution < -0.4 is 11.1 Å². The molecular formula is C12H18N6O2S. The Labute approximate surface area is 123 Å². The molecule has 21 heavy (non-hydrogen) atoms. The Morgan fingerprint density at radius 3 is 2.76 bits per heavy atom. The number of benzene rings is 1. The van der Waals surface area contributed by atoms with Gasteiger partial charge in [-0.25, -0.2) is 12.7 Å². The number of sulfonamides is 1. The largest absolute Gasteiger partial charge is 0.397 e. The van der Waals surface area contributed by atoms with Crippen molar-refractivity contribution < 1.29 is 8.42 Å². The highest BCUT2D eigenvalue weighted by atomic mass is 32.2. The maximum Gasteiger partial charge on any atom is 0.242 e. The van der Waals surface area contributed by atoms with Crippen molar-refractivity contribution in [3.63, 3.8) is 0 Å². The average molecular weight is 310 g/mol. The summed E-state index contributed by atoms with van der Waals surface area (Å²) in [7, 11) is -0.495. The summed E-state index contributed by atoms with van der Waals surface area (Å²) in [5, 5.41) is 10.7. The average Bonchev–Trinajstić information content (AvgIpc) is 2.93. The first-order chi connectivity index (χ1) is 9.91. The van der Waals surface area contributed by atoms with E-state index in [0.29, 0.717) is 24.5 Å². The van der Waals surface area contributed by atoms with Gasteiger partial charge in [-0.15, -0.1) is 5.10 Å². The van der Waals surface area contributed by atoms with E-state index in [1.54, 1.807) is 23.1 Å². The first kappa shape index (κ1) is 15.3. The fourth-order valence-corrected chi connectivity index (χ4v) is 2.65. The molecule has 3 N–H and O–H groups in total. The summed E-state index contributed by atoms with van der Waals surface area (Å²) >= 11 is 0. The number of nitrogen functional groups attached to an aromatic ring is 1. The second-order valence-electron chi connectivity index (χ2n) is 4.63. The third kappa shape index (κ3) is 3.50. The van der Waals surface area contributed by atoms with Gasteiger partial charge in [-0.2, -0.15) is 0 Å². The summed E-state index contributed by atoms with van der Waals surface area (Å²) in [6, 6.07) is 4.60. The van der Waals surface area contributed by atoms with Crippen LogP contribution in [-0.4, -0.2) is 48.4 Å². The van der Waals surface area contributed by atoms with Crippen LogP contribution in [0.15, 0.2) is 35.5 Å². The smallest absolute Gasteiger partial charge is 0.242 e. The summed E-state index contributed by atoms with van der Waals surface area (Å²) in [5.74, 6) is 0. The van der Waals surface area contributed by atoms with E-state index < -0.39 is 10.0 Å². The van der Waals surface area contributed by atoms with E-state index in [-0.39, 0.29) is 4.90 Å². The summed E-state index contributed by atoms with van der Waals surface area (Å²) in [6.07, 6.45) is 3.34. The molecule has 0 bridgehead atoms. The lowest BCUT2D eigenvalue weighted by Crippen LogP contribution is -2.22. The highest BCUT2D eigenvalue weighted by Crippen LogP contribution is 2.24. The molecule has 0 atom stereocenters. The molecule has 0 aliphatic rings. The molecule has 0 unspecified atom stereocenters. The van der Waals surface area contributed by atoms with Gasteiger partial charge in [-0.05, 0) is 18.2 Å². The third-order valence-electron chi connectivity index (χ3n) is 2.93. The van der Waals surface area contributed by atoms with Gasteiger partial charge >= 0.3 is 0 Å². The number of aromatic nitrogens is 3. The molecule has 0 fully saturated rings. The molecule has 0 radical (unpaired) electrons. The van der Waals surface area contributed by atoms with Crippen LogP contribution in [0, 0.1) is 0 Å². The van der Waals surface area contributed by atoms with Crippen molar-refractivity contribution >= 4 is 21.4 Å². The van der Waals surface area contributed by atoms with Crippen molar-refractivity contribution in [1.29, 1.82) is 0 Å². The fourth-order valence-electron chi connectivity index (χ4n) is 1.72. The van der Waals surface area contributed by atoms with Gasteiger partial charge in [0, 0.05) is 26.8 Å². The molecule has 0 spiro atoms. The fraction of sp³-hybridized carbons (Fsp3) is 0.333. The normalized spacial score (nSPS) is 11.8. The standard InChI is InChI=1S/C12H18N6O2S/c1-17(2)21(19,20)10-3-4-11(13)12(9-10)14-5-7-18-8-6-15-16-18/h3-4,6,8-9,14H,5,7,13H2,1-2H3. The van der Waals surface area contributed by atoms with Gasteiger partial charge in [-0.1, -0.05) is 5.21 Å². The highest BCUT2D eigenvalue weighted by Gasteiger charge is 2.18. The van der Waals surface area contributed by atoms with Crippen LogP contribution in [0.25, 0.3) is 0 Å². The molecule has 1 heterocycles. The Hall–Kier alpha value is -2.13. The van der Waals surface area contributed by atoms with Crippen molar-refractivity contribution in [2.45, 2.75) is 11.4 Å². The van der Waals surface area contributed by atoms with Gasteiger partial charge in [0.15, 0.2) is 0 Å². The number of nitrogens with one attached hydrogen (secondary N) is 1. The van der Waals surface area contributed by atoms with E-state index in [4.69, 9.17) is 5.73 Å². The lowest BCUT2D eigenvalue weighted by Gasteiger charge is -2.14. The number of nitrogens with zero attached hydrogens (tertiary/aromatic N) is 4. The van der Waals surface area contributed by atoms with Gasteiger partial charge in [-0.3, -0.25) is 4.68 Å². The predicted molar refractivity (Wildman–Crippen MR) is 80.2 cm³/mol. The molecule has 0 saturated heterocycles. The Bertz CT molecular complexity index is 697. The molecule has 2 aromatic rings. The zero-order valence-electron chi connectivity index (χ0n) is 11.9. The van der Waals surface area contributed by atoms with Crippen LogP contribution in [0.5, 0.6) is 0 Å². The number of rotatable bonds is 6. The Kier molecular flexibility index (Phi) is 4.43. The van der Waals surface area contributed by atoms with Crippen molar-refractivity contribution in [3.8, 4) is 0 Å². The summed E-state index contributed by atoms with van der Waals surface area (Å²) in [4.78, 5) is 0.199. The first-order valence-electron chi connectivity index (χ1n) is 6.31. The summed E-state index contributed by atoms with van der Waals surface area (Å²) in [5.41, 5.74) is 6.94. The number of hydrogen-bond acceptors (Lipinski definition) is 6. The lowest BCUT2D eigenvalue weighted by molar-refractivity contribution is 0.521. The second kappa shape index (κ2) is 6.10. The predicted octanol–water partition coefficient (Wildman–Crippen LogP) is 0.223. The van der Waals surface area contributed by atoms with Crippen LogP contribution >= 0.6 is 0 Å². The van der Waals surface area contributed by atoms with Crippen molar-refractivity contribution in [2.75, 3.05) is 31.7 Å². The molecule has 9 heteroatoms. The third-order valence-corrected chi connectivity index (χ3v) is 4.74. The number of nitrogens with two attached hydrogens (primary N) is 1. The minimum atomic E-state index is -3.47. The van der Waals surface area contributed by atoms with Gasteiger partial charge < -0.3 is 11.1 Å². The van der Waals surface area contributed by atoms with Crippen LogP contribution in [-0.2, 0) is 16.6 Å². The van der Waals surface area contributed by atoms with E-state index in [2.05, 4.69) is 15.6 Å². The van der Waals surface area contributed by atoms with E-state index in [1.165, 1.54) is 26.2 Å². The molecule has 0 aliphatic heterocycles. The van der Waals surface area contributed by atoms with E-state index >= 15 is 0 Å². The van der Waals surface area contributed by atoms with Crippen LogP contribution in [0.3, 0.4) is 0 Å². The maximum absolute atomic E-state index is 12.1. The Morgan fingerprint density at radius 1 is 1.38 bits per heavy atom. The van der Waals surface area contributed by atoms with Crippen LogP contribution in [0.2, 0.25) is 0 Å². The second-order valence-corrected chi connectivity index (χ2v) is 6.78. The molecule has 0 amide bonds. The van der Waals surface area contributed by atoms with Gasteiger partial charge in [0.1, 0.15) is 0 Å². The molecule has 0 saturated carbocycles. The monoisotopic (exact) mass is 310 g/mol. The van der Waals surface area contributed by atoms with Crippen molar-refractivity contribution in [3.05, 3.63) is 30.6 Å². The molecule has 0 aliphatic carbocycles. The highest BCUT2D eigenvalue weighted by molar-refractivity contribution is 7.89. The number of hydrogen-bond donors (Lipinski definition) is 2. The zero-order valence-corrected chi connectivity index (χ0v) is 12.7. The Balaban J connectivity index is 2.12. The van der Waals surface area contributed by atoms with Crippen LogP contribution in [0.1, 0.15) is 0 Å². The topological polar surface area (TPSA) is 106 Å². The van der Waals surface area contributed by atoms with Gasteiger partial charge in [0.25, 0.3) is 0 Å². The quantitative estimate of drug-likeness (QED) is 0.739. The molecule has 114 valence electrons. The minimum absolute atomic E-state index is 0.199. The lowest BCUT2D eigenvalue weighted by atomic mass is 10.2. The zero-order chi connectivity index (χ0) is 15.5. The Morgan fingerprint density at radius 2 is 2.14 bits per heavy atom. The van der Waals surface area contributed by atoms with E-state index in [0.717, 1.165) is 4.31 Å². The van der Waals surface area contributed by atoms with Crippen molar-refractivity contribution in [2.24, 2.45) is 0 Å². The number of anilines is 2. The summed E-state index contributed by atoms with van der Waals surface area (Å²) < 4.78 is 27.0. The van der Waals surface area contributed by atoms with E-state index in [1.807, 2.05) is 0 Å². The molecule has 8 nitrogen and oxygen atoms in total. The first-order valence-corrected chi connectivity index (χ1v) is 7.75. The molecular weight excluding hydrogens is 292 g/mol. The van der Waals surface area contributed by atoms with Crippen molar-refractivity contribution in [1.82, 2.24) is 19.3 Å². The van der Waals surface area contributed by atoms with E-state index in [9.17, 15) is 8.42 Å². The van der Waals surface area contributed by atoms with Crippen LogP contribution in [0.4, 0.5) is 11.4 Å². The molecule has 2 rings (SSSR count). The molecule has 1 aromatic heterocycles. The summed E-state index contributed by atoms with van der Waals surface area (Å²) in [6.45, 7) is 1.16. The maximum atomic E-state index is 12.1. The molecule has 1 aromatic carbocycles. The van der Waals surface area contributed by atoms with Gasteiger partial charge in [0.05, 0.1) is 29.0 Å². The van der Waals surface area contributed by atoms with Gasteiger partial charge in [0.2, 0.25) is 10.0 Å². The SMILES string of the molecule is CN(C)S(=O)(=O)c1ccc(N)c(NCCn2ccnn2)c1.